The molecule has 2 fully saturated rings. The van der Waals surface area contributed by atoms with Gasteiger partial charge in [0.25, 0.3) is 0 Å². The summed E-state index contributed by atoms with van der Waals surface area (Å²) >= 11 is 2.16. The van der Waals surface area contributed by atoms with Gasteiger partial charge in [0, 0.05) is 13.1 Å². The first-order chi connectivity index (χ1) is 15.9. The zero-order chi connectivity index (χ0) is 23.4. The molecule has 0 saturated carbocycles. The van der Waals surface area contributed by atoms with E-state index in [4.69, 9.17) is 10.6 Å². The molecule has 2 saturated heterocycles. The minimum absolute atomic E-state index is 0.0482. The topological polar surface area (TPSA) is 98.1 Å². The number of hydrazine groups is 1. The number of amides is 1. The van der Waals surface area contributed by atoms with Gasteiger partial charge in [0.15, 0.2) is 12.2 Å². The highest BCUT2D eigenvalue weighted by Gasteiger charge is 2.41. The molecule has 1 aromatic rings. The van der Waals surface area contributed by atoms with Gasteiger partial charge in [-0.25, -0.2) is 5.84 Å². The molecule has 4 rings (SSSR count). The van der Waals surface area contributed by atoms with Crippen molar-refractivity contribution < 1.29 is 9.53 Å². The average molecular weight is 569 g/mol. The van der Waals surface area contributed by atoms with Crippen LogP contribution in [0.1, 0.15) is 44.2 Å². The summed E-state index contributed by atoms with van der Waals surface area (Å²) < 4.78 is 8.00. The fourth-order valence-corrected chi connectivity index (χ4v) is 5.32. The van der Waals surface area contributed by atoms with Crippen molar-refractivity contribution in [2.24, 2.45) is 11.8 Å². The number of carbonyl (C=O) groups is 1. The maximum Gasteiger partial charge on any atom is 0.238 e. The number of likely N-dealkylation sites (tertiary alicyclic amines) is 1. The third-order valence-corrected chi connectivity index (χ3v) is 7.31. The molecule has 3 heterocycles. The molecule has 3 aliphatic heterocycles. The zero-order valence-electron chi connectivity index (χ0n) is 19.5. The normalized spacial score (nSPS) is 24.4. The molecule has 0 aromatic heterocycles. The number of hydrogen-bond acceptors (Lipinski definition) is 8. The van der Waals surface area contributed by atoms with Gasteiger partial charge in [-0.3, -0.25) is 23.0 Å². The Morgan fingerprint density at radius 1 is 1.24 bits per heavy atom. The molecule has 0 bridgehead atoms. The van der Waals surface area contributed by atoms with E-state index >= 15 is 0 Å². The Morgan fingerprint density at radius 2 is 1.97 bits per heavy atom. The summed E-state index contributed by atoms with van der Waals surface area (Å²) in [5, 5.41) is 6.56. The third kappa shape index (κ3) is 6.17. The Labute approximate surface area is 210 Å². The summed E-state index contributed by atoms with van der Waals surface area (Å²) in [6, 6.07) is 8.71. The Kier molecular flexibility index (Phi) is 8.47. The summed E-state index contributed by atoms with van der Waals surface area (Å²) in [6.07, 6.45) is 2.97. The first-order valence-electron chi connectivity index (χ1n) is 11.8. The maximum absolute atomic E-state index is 12.6. The zero-order valence-corrected chi connectivity index (χ0v) is 21.7. The fourth-order valence-electron chi connectivity index (χ4n) is 4.60. The predicted octanol–water partition coefficient (Wildman–Crippen LogP) is 1.77. The molecule has 0 radical (unpaired) electrons. The first-order valence-corrected chi connectivity index (χ1v) is 12.8. The molecule has 182 valence electrons. The van der Waals surface area contributed by atoms with Gasteiger partial charge in [-0.1, -0.05) is 38.1 Å². The quantitative estimate of drug-likeness (QED) is 0.155. The number of nitrogens with two attached hydrogens (primary N) is 1. The molecule has 1 amide bonds. The summed E-state index contributed by atoms with van der Waals surface area (Å²) in [4.78, 5) is 17.2. The second kappa shape index (κ2) is 11.3. The summed E-state index contributed by atoms with van der Waals surface area (Å²) in [6.45, 7) is 9.29. The van der Waals surface area contributed by atoms with Crippen molar-refractivity contribution >= 4 is 28.8 Å². The fraction of sp³-hybridized carbons (Fsp3) is 0.609. The van der Waals surface area contributed by atoms with Crippen LogP contribution in [-0.4, -0.2) is 57.6 Å². The summed E-state index contributed by atoms with van der Waals surface area (Å²) in [7, 11) is 0. The minimum atomic E-state index is -0.358. The van der Waals surface area contributed by atoms with Gasteiger partial charge < -0.3 is 15.5 Å². The summed E-state index contributed by atoms with van der Waals surface area (Å²) in [5.41, 5.74) is 6.00. The van der Waals surface area contributed by atoms with Crippen molar-refractivity contribution in [3.8, 4) is 0 Å². The van der Waals surface area contributed by atoms with Crippen molar-refractivity contribution in [1.82, 2.24) is 29.0 Å². The van der Waals surface area contributed by atoms with E-state index in [1.807, 2.05) is 3.11 Å². The number of rotatable bonds is 9. The van der Waals surface area contributed by atoms with Gasteiger partial charge in [-0.15, -0.1) is 0 Å². The van der Waals surface area contributed by atoms with Crippen LogP contribution in [0.5, 0.6) is 0 Å². The lowest BCUT2D eigenvalue weighted by atomic mass is 10.1. The molecule has 3 aliphatic rings. The average Bonchev–Trinajstić information content (AvgIpc) is 3.28. The molecular weight excluding hydrogens is 533 g/mol. The highest BCUT2D eigenvalue weighted by molar-refractivity contribution is 14.1. The van der Waals surface area contributed by atoms with E-state index in [9.17, 15) is 4.79 Å². The van der Waals surface area contributed by atoms with E-state index in [-0.39, 0.29) is 18.4 Å². The van der Waals surface area contributed by atoms with E-state index in [0.717, 1.165) is 18.7 Å². The Bertz CT molecular complexity index is 859. The van der Waals surface area contributed by atoms with Crippen molar-refractivity contribution in [1.29, 1.82) is 0 Å². The van der Waals surface area contributed by atoms with Crippen LogP contribution in [0.2, 0.25) is 0 Å². The van der Waals surface area contributed by atoms with Gasteiger partial charge in [-0.2, -0.15) is 0 Å². The number of ether oxygens (including phenoxy) is 1. The molecule has 1 aromatic carbocycles. The van der Waals surface area contributed by atoms with Crippen LogP contribution < -0.4 is 21.9 Å². The Morgan fingerprint density at radius 3 is 2.67 bits per heavy atom. The van der Waals surface area contributed by atoms with Gasteiger partial charge in [0.2, 0.25) is 5.91 Å². The lowest BCUT2D eigenvalue weighted by Gasteiger charge is -2.46. The third-order valence-electron chi connectivity index (χ3n) is 6.32. The molecule has 0 aliphatic carbocycles. The number of benzene rings is 1. The molecule has 33 heavy (non-hydrogen) atoms. The van der Waals surface area contributed by atoms with Crippen LogP contribution in [0.15, 0.2) is 35.8 Å². The first kappa shape index (κ1) is 24.7. The van der Waals surface area contributed by atoms with Crippen LogP contribution in [-0.2, 0) is 22.6 Å². The number of halogens is 1. The monoisotopic (exact) mass is 569 g/mol. The molecule has 2 unspecified atom stereocenters. The van der Waals surface area contributed by atoms with Crippen molar-refractivity contribution in [3.63, 3.8) is 0 Å². The Balaban J connectivity index is 1.51. The van der Waals surface area contributed by atoms with Gasteiger partial charge in [-0.05, 0) is 49.4 Å². The molecule has 9 nitrogen and oxygen atoms in total. The van der Waals surface area contributed by atoms with E-state index in [2.05, 4.69) is 86.8 Å². The molecular formula is C23H36IN7O2. The number of fused-ring (bicyclic) bond motifs is 1. The highest BCUT2D eigenvalue weighted by Crippen LogP contribution is 2.28. The predicted molar refractivity (Wildman–Crippen MR) is 136 cm³/mol. The number of nitrogens with one attached hydrogen (secondary N) is 3. The summed E-state index contributed by atoms with van der Waals surface area (Å²) in [5.74, 6) is 7.03. The second-order valence-corrected chi connectivity index (χ2v) is 10.5. The van der Waals surface area contributed by atoms with Crippen LogP contribution >= 0.6 is 22.9 Å². The largest absolute Gasteiger partial charge is 0.344 e. The van der Waals surface area contributed by atoms with Crippen LogP contribution in [0.25, 0.3) is 0 Å². The van der Waals surface area contributed by atoms with Crippen LogP contribution in [0.4, 0.5) is 0 Å². The molecule has 2 atom stereocenters. The lowest BCUT2D eigenvalue weighted by Crippen LogP contribution is -2.67. The Hall–Kier alpha value is -1.44. The highest BCUT2D eigenvalue weighted by atomic mass is 127. The van der Waals surface area contributed by atoms with Crippen LogP contribution in [0.3, 0.4) is 0 Å². The SMILES string of the molecule is CC(C)CCOC1NC2C(=C(NN)N1I)NC(=O)CN2Cc1cccc(CN2CCCC2)c1. The van der Waals surface area contributed by atoms with Gasteiger partial charge >= 0.3 is 0 Å². The molecule has 10 heteroatoms. The van der Waals surface area contributed by atoms with E-state index in [0.29, 0.717) is 31.4 Å². The number of nitrogens with zero attached hydrogens (tertiary/aromatic N) is 3. The number of carbonyl (C=O) groups excluding carboxylic acids is 1. The minimum Gasteiger partial charge on any atom is -0.344 e. The van der Waals surface area contributed by atoms with E-state index in [1.54, 1.807) is 0 Å². The van der Waals surface area contributed by atoms with Gasteiger partial charge in [0.1, 0.15) is 6.17 Å². The van der Waals surface area contributed by atoms with Crippen LogP contribution in [0, 0.1) is 5.92 Å². The number of hydrogen-bond donors (Lipinski definition) is 4. The van der Waals surface area contributed by atoms with E-state index < -0.39 is 0 Å². The van der Waals surface area contributed by atoms with E-state index in [1.165, 1.54) is 37.1 Å². The standard InChI is InChI=1S/C23H36IN7O2/c1-16(2)8-11-33-23-27-21-20(22(28-25)31(23)24)26-19(32)15-30(21)14-18-7-5-6-17(12-18)13-29-9-3-4-10-29/h5-7,12,16,21,23,27-28H,3-4,8-11,13-15,25H2,1-2H3,(H,26,32). The van der Waals surface area contributed by atoms with Crippen molar-refractivity contribution in [3.05, 3.63) is 46.9 Å². The lowest BCUT2D eigenvalue weighted by molar-refractivity contribution is -0.127. The van der Waals surface area contributed by atoms with Crippen molar-refractivity contribution in [2.75, 3.05) is 26.2 Å². The smallest absolute Gasteiger partial charge is 0.238 e. The second-order valence-electron chi connectivity index (χ2n) is 9.45. The maximum atomic E-state index is 12.6. The van der Waals surface area contributed by atoms with Crippen molar-refractivity contribution in [2.45, 2.75) is 58.7 Å². The van der Waals surface area contributed by atoms with Gasteiger partial charge in [0.05, 0.1) is 41.7 Å². The molecule has 0 spiro atoms. The molecule has 5 N–H and O–H groups in total. The number of piperazine rings is 1.